The third kappa shape index (κ3) is 6.14. The number of ether oxygens (including phenoxy) is 2. The molecule has 0 aliphatic carbocycles. The van der Waals surface area contributed by atoms with E-state index in [0.717, 1.165) is 11.3 Å². The summed E-state index contributed by atoms with van der Waals surface area (Å²) >= 11 is 0. The van der Waals surface area contributed by atoms with Gasteiger partial charge in [0.05, 0.1) is 25.7 Å². The van der Waals surface area contributed by atoms with Crippen molar-refractivity contribution in [1.82, 2.24) is 0 Å². The van der Waals surface area contributed by atoms with E-state index in [0.29, 0.717) is 32.8 Å². The van der Waals surface area contributed by atoms with Crippen LogP contribution in [0.1, 0.15) is 25.8 Å². The van der Waals surface area contributed by atoms with Gasteiger partial charge in [-0.05, 0) is 25.5 Å². The van der Waals surface area contributed by atoms with Gasteiger partial charge in [0.2, 0.25) is 5.91 Å². The van der Waals surface area contributed by atoms with Crippen LogP contribution in [0.3, 0.4) is 0 Å². The Labute approximate surface area is 120 Å². The molecule has 5 nitrogen and oxygen atoms in total. The summed E-state index contributed by atoms with van der Waals surface area (Å²) in [6.07, 6.45) is 0.314. The van der Waals surface area contributed by atoms with E-state index in [2.05, 4.69) is 5.32 Å². The van der Waals surface area contributed by atoms with Crippen molar-refractivity contribution >= 4 is 11.6 Å². The zero-order valence-electron chi connectivity index (χ0n) is 12.2. The lowest BCUT2D eigenvalue weighted by Gasteiger charge is -2.13. The van der Waals surface area contributed by atoms with Gasteiger partial charge in [0, 0.05) is 18.8 Å². The topological polar surface area (TPSA) is 73.6 Å². The second kappa shape index (κ2) is 9.47. The molecule has 1 amide bonds. The van der Waals surface area contributed by atoms with E-state index in [9.17, 15) is 4.79 Å². The summed E-state index contributed by atoms with van der Waals surface area (Å²) in [6, 6.07) is 7.51. The van der Waals surface area contributed by atoms with E-state index in [-0.39, 0.29) is 12.0 Å². The van der Waals surface area contributed by atoms with Crippen molar-refractivity contribution in [3.05, 3.63) is 29.8 Å². The minimum Gasteiger partial charge on any atom is -0.379 e. The molecule has 1 rings (SSSR count). The van der Waals surface area contributed by atoms with Gasteiger partial charge in [-0.15, -0.1) is 0 Å². The molecule has 0 aliphatic heterocycles. The third-order valence-corrected chi connectivity index (χ3v) is 2.80. The molecule has 0 saturated carbocycles. The first kappa shape index (κ1) is 16.6. The standard InChI is InChI=1S/C15H24N2O3/c1-3-19-11-12(2)20-9-8-15(18)17-14-7-5-4-6-13(14)10-16/h4-7,12H,3,8-11,16H2,1-2H3,(H,17,18). The fourth-order valence-corrected chi connectivity index (χ4v) is 1.72. The highest BCUT2D eigenvalue weighted by molar-refractivity contribution is 5.91. The summed E-state index contributed by atoms with van der Waals surface area (Å²) in [5.41, 5.74) is 7.31. The van der Waals surface area contributed by atoms with Crippen molar-refractivity contribution in [3.8, 4) is 0 Å². The highest BCUT2D eigenvalue weighted by Crippen LogP contribution is 2.14. The molecule has 0 fully saturated rings. The Bertz CT molecular complexity index is 410. The van der Waals surface area contributed by atoms with E-state index in [4.69, 9.17) is 15.2 Å². The largest absolute Gasteiger partial charge is 0.379 e. The molecule has 0 heterocycles. The molecule has 5 heteroatoms. The van der Waals surface area contributed by atoms with Gasteiger partial charge in [-0.1, -0.05) is 18.2 Å². The van der Waals surface area contributed by atoms with E-state index in [1.807, 2.05) is 38.1 Å². The van der Waals surface area contributed by atoms with Crippen LogP contribution in [0.4, 0.5) is 5.69 Å². The zero-order chi connectivity index (χ0) is 14.8. The molecule has 1 aromatic rings. The number of rotatable bonds is 9. The number of hydrogen-bond donors (Lipinski definition) is 2. The van der Waals surface area contributed by atoms with E-state index < -0.39 is 0 Å². The first-order chi connectivity index (χ1) is 9.67. The smallest absolute Gasteiger partial charge is 0.226 e. The van der Waals surface area contributed by atoms with E-state index in [1.165, 1.54) is 0 Å². The number of nitrogens with two attached hydrogens (primary N) is 1. The Kier molecular flexibility index (Phi) is 7.87. The van der Waals surface area contributed by atoms with Crippen molar-refractivity contribution in [1.29, 1.82) is 0 Å². The molecule has 0 bridgehead atoms. The lowest BCUT2D eigenvalue weighted by atomic mass is 10.2. The van der Waals surface area contributed by atoms with E-state index in [1.54, 1.807) is 0 Å². The van der Waals surface area contributed by atoms with Gasteiger partial charge in [0.1, 0.15) is 0 Å². The lowest BCUT2D eigenvalue weighted by molar-refractivity contribution is -0.118. The Hall–Kier alpha value is -1.43. The van der Waals surface area contributed by atoms with Gasteiger partial charge < -0.3 is 20.5 Å². The second-order valence-electron chi connectivity index (χ2n) is 4.50. The molecule has 20 heavy (non-hydrogen) atoms. The van der Waals surface area contributed by atoms with Gasteiger partial charge in [-0.25, -0.2) is 0 Å². The Balaban J connectivity index is 2.30. The summed E-state index contributed by atoms with van der Waals surface area (Å²) < 4.78 is 10.7. The predicted octanol–water partition coefficient (Wildman–Crippen LogP) is 1.92. The van der Waals surface area contributed by atoms with Crippen LogP contribution in [0.15, 0.2) is 24.3 Å². The molecular formula is C15H24N2O3. The number of nitrogens with one attached hydrogen (secondary N) is 1. The number of para-hydroxylation sites is 1. The first-order valence-corrected chi connectivity index (χ1v) is 6.94. The van der Waals surface area contributed by atoms with Crippen LogP contribution in [0, 0.1) is 0 Å². The van der Waals surface area contributed by atoms with Crippen molar-refractivity contribution in [3.63, 3.8) is 0 Å². The molecule has 0 aromatic heterocycles. The van der Waals surface area contributed by atoms with Crippen molar-refractivity contribution in [2.45, 2.75) is 32.9 Å². The van der Waals surface area contributed by atoms with E-state index >= 15 is 0 Å². The average Bonchev–Trinajstić information content (AvgIpc) is 2.45. The molecule has 1 unspecified atom stereocenters. The predicted molar refractivity (Wildman–Crippen MR) is 79.5 cm³/mol. The zero-order valence-corrected chi connectivity index (χ0v) is 12.2. The molecule has 0 radical (unpaired) electrons. The van der Waals surface area contributed by atoms with Crippen LogP contribution in [0.5, 0.6) is 0 Å². The summed E-state index contributed by atoms with van der Waals surface area (Å²) in [7, 11) is 0. The SMILES string of the molecule is CCOCC(C)OCCC(=O)Nc1ccccc1CN. The number of amides is 1. The maximum atomic E-state index is 11.8. The van der Waals surface area contributed by atoms with Gasteiger partial charge in [-0.3, -0.25) is 4.79 Å². The summed E-state index contributed by atoms with van der Waals surface area (Å²) in [4.78, 5) is 11.8. The minimum absolute atomic E-state index is 0.000854. The highest BCUT2D eigenvalue weighted by atomic mass is 16.5. The maximum Gasteiger partial charge on any atom is 0.226 e. The number of anilines is 1. The van der Waals surface area contributed by atoms with Crippen LogP contribution in [-0.2, 0) is 20.8 Å². The Morgan fingerprint density at radius 1 is 1.40 bits per heavy atom. The average molecular weight is 280 g/mol. The second-order valence-corrected chi connectivity index (χ2v) is 4.50. The number of benzene rings is 1. The molecule has 0 spiro atoms. The lowest BCUT2D eigenvalue weighted by Crippen LogP contribution is -2.20. The van der Waals surface area contributed by atoms with Gasteiger partial charge in [0.25, 0.3) is 0 Å². The van der Waals surface area contributed by atoms with Crippen LogP contribution < -0.4 is 11.1 Å². The number of hydrogen-bond acceptors (Lipinski definition) is 4. The molecule has 3 N–H and O–H groups in total. The first-order valence-electron chi connectivity index (χ1n) is 6.94. The number of carbonyl (C=O) groups is 1. The van der Waals surface area contributed by atoms with Gasteiger partial charge in [-0.2, -0.15) is 0 Å². The van der Waals surface area contributed by atoms with Gasteiger partial charge in [0.15, 0.2) is 0 Å². The summed E-state index contributed by atoms with van der Waals surface area (Å²) in [5, 5.41) is 2.85. The summed E-state index contributed by atoms with van der Waals surface area (Å²) in [5.74, 6) is -0.0745. The Morgan fingerprint density at radius 2 is 2.15 bits per heavy atom. The third-order valence-electron chi connectivity index (χ3n) is 2.80. The van der Waals surface area contributed by atoms with Crippen LogP contribution >= 0.6 is 0 Å². The van der Waals surface area contributed by atoms with Crippen molar-refractivity contribution in [2.24, 2.45) is 5.73 Å². The molecular weight excluding hydrogens is 256 g/mol. The van der Waals surface area contributed by atoms with Crippen molar-refractivity contribution < 1.29 is 14.3 Å². The fourth-order valence-electron chi connectivity index (χ4n) is 1.72. The molecule has 0 saturated heterocycles. The van der Waals surface area contributed by atoms with Gasteiger partial charge >= 0.3 is 0 Å². The summed E-state index contributed by atoms with van der Waals surface area (Å²) in [6.45, 7) is 5.87. The molecule has 0 aliphatic rings. The normalized spacial score (nSPS) is 12.2. The fraction of sp³-hybridized carbons (Fsp3) is 0.533. The highest BCUT2D eigenvalue weighted by Gasteiger charge is 2.07. The van der Waals surface area contributed by atoms with Crippen LogP contribution in [0.2, 0.25) is 0 Å². The molecule has 1 atom stereocenters. The van der Waals surface area contributed by atoms with Crippen LogP contribution in [0.25, 0.3) is 0 Å². The Morgan fingerprint density at radius 3 is 2.85 bits per heavy atom. The quantitative estimate of drug-likeness (QED) is 0.724. The molecule has 1 aromatic carbocycles. The minimum atomic E-state index is -0.0745. The number of carbonyl (C=O) groups excluding carboxylic acids is 1. The van der Waals surface area contributed by atoms with Crippen molar-refractivity contribution in [2.75, 3.05) is 25.1 Å². The maximum absolute atomic E-state index is 11.8. The monoisotopic (exact) mass is 280 g/mol. The van der Waals surface area contributed by atoms with Crippen LogP contribution in [-0.4, -0.2) is 31.8 Å². The molecule has 112 valence electrons.